The van der Waals surface area contributed by atoms with Crippen molar-refractivity contribution in [3.8, 4) is 0 Å². The number of guanidine groups is 1. The number of aliphatic imine (C=N–C) groups is 1. The predicted octanol–water partition coefficient (Wildman–Crippen LogP) is 2.47. The molecule has 1 saturated heterocycles. The summed E-state index contributed by atoms with van der Waals surface area (Å²) in [5.41, 5.74) is 0. The van der Waals surface area contributed by atoms with Crippen molar-refractivity contribution in [2.24, 2.45) is 10.9 Å². The van der Waals surface area contributed by atoms with Gasteiger partial charge in [0.15, 0.2) is 5.96 Å². The Balaban J connectivity index is 0.00000341. The van der Waals surface area contributed by atoms with Crippen molar-refractivity contribution in [2.45, 2.75) is 71.9 Å². The number of halogens is 1. The summed E-state index contributed by atoms with van der Waals surface area (Å²) in [6.45, 7) is 14.0. The van der Waals surface area contributed by atoms with E-state index >= 15 is 0 Å². The molecule has 1 unspecified atom stereocenters. The quantitative estimate of drug-likeness (QED) is 0.214. The second-order valence-electron chi connectivity index (χ2n) is 8.70. The third-order valence-electron chi connectivity index (χ3n) is 6.12. The first-order chi connectivity index (χ1) is 14.7. The highest BCUT2D eigenvalue weighted by atomic mass is 127. The van der Waals surface area contributed by atoms with E-state index in [1.165, 1.54) is 25.1 Å². The topological polar surface area (TPSA) is 79.6 Å². The van der Waals surface area contributed by atoms with E-state index in [0.29, 0.717) is 12.0 Å². The number of rotatable bonds is 9. The fraction of sp³-hybridized carbons (Fsp3) is 0.864. The molecule has 0 spiro atoms. The van der Waals surface area contributed by atoms with Crippen LogP contribution in [0, 0.1) is 5.92 Å². The van der Waals surface area contributed by atoms with Gasteiger partial charge in [-0.05, 0) is 32.1 Å². The van der Waals surface area contributed by atoms with Crippen molar-refractivity contribution in [1.29, 1.82) is 0 Å². The summed E-state index contributed by atoms with van der Waals surface area (Å²) >= 11 is 0. The van der Waals surface area contributed by atoms with Crippen molar-refractivity contribution in [1.82, 2.24) is 30.3 Å². The second kappa shape index (κ2) is 14.3. The average Bonchev–Trinajstić information content (AvgIpc) is 2.97. The molecule has 0 aliphatic carbocycles. The normalized spacial score (nSPS) is 18.8. The van der Waals surface area contributed by atoms with Gasteiger partial charge in [0.25, 0.3) is 0 Å². The van der Waals surface area contributed by atoms with Gasteiger partial charge in [-0.3, -0.25) is 9.89 Å². The van der Waals surface area contributed by atoms with Crippen LogP contribution in [0.15, 0.2) is 4.99 Å². The summed E-state index contributed by atoms with van der Waals surface area (Å²) in [6.07, 6.45) is 6.84. The summed E-state index contributed by atoms with van der Waals surface area (Å²) in [4.78, 5) is 7.43. The van der Waals surface area contributed by atoms with Crippen LogP contribution >= 0.6 is 24.0 Å². The summed E-state index contributed by atoms with van der Waals surface area (Å²) in [5.74, 6) is 3.80. The third-order valence-corrected chi connectivity index (χ3v) is 6.12. The van der Waals surface area contributed by atoms with Gasteiger partial charge in [-0.25, -0.2) is 0 Å². The Morgan fingerprint density at radius 2 is 1.90 bits per heavy atom. The molecule has 1 atom stereocenters. The van der Waals surface area contributed by atoms with Crippen molar-refractivity contribution in [3.05, 3.63) is 11.6 Å². The first-order valence-electron chi connectivity index (χ1n) is 11.9. The molecule has 31 heavy (non-hydrogen) atoms. The number of nitrogens with zero attached hydrogens (tertiary/aromatic N) is 5. The molecule has 1 aromatic rings. The highest BCUT2D eigenvalue weighted by Crippen LogP contribution is 2.15. The predicted molar refractivity (Wildman–Crippen MR) is 136 cm³/mol. The molecule has 2 aliphatic rings. The Morgan fingerprint density at radius 3 is 2.65 bits per heavy atom. The summed E-state index contributed by atoms with van der Waals surface area (Å²) in [7, 11) is 0. The molecule has 0 amide bonds. The van der Waals surface area contributed by atoms with Crippen LogP contribution < -0.4 is 10.6 Å². The van der Waals surface area contributed by atoms with Gasteiger partial charge in [0.2, 0.25) is 0 Å². The molecular formula is C22H42IN7O. The van der Waals surface area contributed by atoms with Crippen molar-refractivity contribution in [2.75, 3.05) is 45.9 Å². The maximum atomic E-state index is 5.52. The van der Waals surface area contributed by atoms with Crippen LogP contribution in [0.4, 0.5) is 0 Å². The first kappa shape index (κ1) is 26.3. The molecule has 1 aromatic heterocycles. The van der Waals surface area contributed by atoms with E-state index in [4.69, 9.17) is 9.73 Å². The van der Waals surface area contributed by atoms with Crippen molar-refractivity contribution >= 4 is 29.9 Å². The molecule has 3 heterocycles. The lowest BCUT2D eigenvalue weighted by Crippen LogP contribution is -2.48. The van der Waals surface area contributed by atoms with Gasteiger partial charge in [-0.1, -0.05) is 20.3 Å². The van der Waals surface area contributed by atoms with Gasteiger partial charge >= 0.3 is 0 Å². The van der Waals surface area contributed by atoms with E-state index in [1.54, 1.807) is 0 Å². The van der Waals surface area contributed by atoms with Crippen LogP contribution in [0.25, 0.3) is 0 Å². The SMILES string of the molecule is CCNC(=NCC(C(C)C)N1CCOCC1)NCCCc1nnc2n1CCCCC2.I. The fourth-order valence-corrected chi connectivity index (χ4v) is 4.37. The number of morpholine rings is 1. The molecule has 0 aromatic carbocycles. The minimum atomic E-state index is 0. The van der Waals surface area contributed by atoms with Gasteiger partial charge in [0, 0.05) is 51.6 Å². The minimum absolute atomic E-state index is 0. The Kier molecular flexibility index (Phi) is 12.1. The molecular weight excluding hydrogens is 505 g/mol. The van der Waals surface area contributed by atoms with Gasteiger partial charge < -0.3 is 19.9 Å². The molecule has 0 bridgehead atoms. The van der Waals surface area contributed by atoms with E-state index in [0.717, 1.165) is 83.5 Å². The average molecular weight is 548 g/mol. The Bertz CT molecular complexity index is 658. The second-order valence-corrected chi connectivity index (χ2v) is 8.70. The zero-order valence-corrected chi connectivity index (χ0v) is 21.9. The largest absolute Gasteiger partial charge is 0.379 e. The molecule has 8 nitrogen and oxygen atoms in total. The van der Waals surface area contributed by atoms with Crippen LogP contribution in [0.2, 0.25) is 0 Å². The van der Waals surface area contributed by atoms with E-state index in [1.807, 2.05) is 0 Å². The minimum Gasteiger partial charge on any atom is -0.379 e. The first-order valence-corrected chi connectivity index (χ1v) is 11.9. The Labute approximate surface area is 205 Å². The molecule has 1 fully saturated rings. The third kappa shape index (κ3) is 8.16. The number of nitrogens with one attached hydrogen (secondary N) is 2. The van der Waals surface area contributed by atoms with E-state index < -0.39 is 0 Å². The van der Waals surface area contributed by atoms with Crippen LogP contribution in [0.1, 0.15) is 58.1 Å². The van der Waals surface area contributed by atoms with Crippen LogP contribution in [0.5, 0.6) is 0 Å². The molecule has 9 heteroatoms. The maximum absolute atomic E-state index is 5.52. The van der Waals surface area contributed by atoms with Crippen LogP contribution in [-0.4, -0.2) is 77.6 Å². The molecule has 0 radical (unpaired) electrons. The standard InChI is InChI=1S/C22H41N7O.HI/c1-4-23-22(25-17-19(18(2)3)28-13-15-30-16-14-28)24-11-8-10-21-27-26-20-9-6-5-7-12-29(20)21;/h18-19H,4-17H2,1-3H3,(H2,23,24,25);1H. The van der Waals surface area contributed by atoms with Gasteiger partial charge in [-0.15, -0.1) is 34.2 Å². The summed E-state index contributed by atoms with van der Waals surface area (Å²) in [5, 5.41) is 15.8. The lowest BCUT2D eigenvalue weighted by molar-refractivity contribution is 0.00867. The van der Waals surface area contributed by atoms with E-state index in [2.05, 4.69) is 51.1 Å². The summed E-state index contributed by atoms with van der Waals surface area (Å²) < 4.78 is 7.87. The van der Waals surface area contributed by atoms with Crippen LogP contribution in [-0.2, 0) is 24.1 Å². The van der Waals surface area contributed by atoms with Gasteiger partial charge in [-0.2, -0.15) is 0 Å². The number of fused-ring (bicyclic) bond motifs is 1. The maximum Gasteiger partial charge on any atom is 0.191 e. The smallest absolute Gasteiger partial charge is 0.191 e. The van der Waals surface area contributed by atoms with Gasteiger partial charge in [0.05, 0.1) is 19.8 Å². The lowest BCUT2D eigenvalue weighted by atomic mass is 10.0. The van der Waals surface area contributed by atoms with Crippen LogP contribution in [0.3, 0.4) is 0 Å². The Morgan fingerprint density at radius 1 is 1.10 bits per heavy atom. The fourth-order valence-electron chi connectivity index (χ4n) is 4.37. The highest BCUT2D eigenvalue weighted by molar-refractivity contribution is 14.0. The van der Waals surface area contributed by atoms with Gasteiger partial charge in [0.1, 0.15) is 11.6 Å². The lowest BCUT2D eigenvalue weighted by Gasteiger charge is -2.36. The number of hydrogen-bond acceptors (Lipinski definition) is 5. The molecule has 2 N–H and O–H groups in total. The zero-order chi connectivity index (χ0) is 21.2. The van der Waals surface area contributed by atoms with Crippen molar-refractivity contribution < 1.29 is 4.74 Å². The summed E-state index contributed by atoms with van der Waals surface area (Å²) in [6, 6.07) is 0.454. The van der Waals surface area contributed by atoms with E-state index in [9.17, 15) is 0 Å². The van der Waals surface area contributed by atoms with Crippen molar-refractivity contribution in [3.63, 3.8) is 0 Å². The number of ether oxygens (including phenoxy) is 1. The molecule has 0 saturated carbocycles. The number of aryl methyl sites for hydroxylation is 2. The number of aromatic nitrogens is 3. The monoisotopic (exact) mass is 547 g/mol. The molecule has 3 rings (SSSR count). The zero-order valence-electron chi connectivity index (χ0n) is 19.6. The number of hydrogen-bond donors (Lipinski definition) is 2. The Hall–Kier alpha value is -0.940. The molecule has 2 aliphatic heterocycles. The molecule has 178 valence electrons. The highest BCUT2D eigenvalue weighted by Gasteiger charge is 2.23. The van der Waals surface area contributed by atoms with E-state index in [-0.39, 0.29) is 24.0 Å².